The summed E-state index contributed by atoms with van der Waals surface area (Å²) in [4.78, 5) is 0. The molecule has 0 spiro atoms. The molecule has 1 aliphatic heterocycles. The molecule has 0 aromatic heterocycles. The van der Waals surface area contributed by atoms with Gasteiger partial charge in [-0.2, -0.15) is 0 Å². The third-order valence-electron chi connectivity index (χ3n) is 2.84. The van der Waals surface area contributed by atoms with Crippen molar-refractivity contribution in [2.45, 2.75) is 39.3 Å². The van der Waals surface area contributed by atoms with Crippen LogP contribution in [0.15, 0.2) is 0 Å². The van der Waals surface area contributed by atoms with Crippen LogP contribution in [0.4, 0.5) is 0 Å². The number of rotatable bonds is 0. The highest BCUT2D eigenvalue weighted by molar-refractivity contribution is 4.91. The van der Waals surface area contributed by atoms with E-state index in [1.54, 1.807) is 0 Å². The van der Waals surface area contributed by atoms with E-state index in [2.05, 4.69) is 26.1 Å². The van der Waals surface area contributed by atoms with Crippen LogP contribution >= 0.6 is 0 Å². The van der Waals surface area contributed by atoms with E-state index in [-0.39, 0.29) is 11.5 Å². The van der Waals surface area contributed by atoms with Crippen molar-refractivity contribution in [3.63, 3.8) is 0 Å². The van der Waals surface area contributed by atoms with Crippen molar-refractivity contribution in [2.24, 2.45) is 5.41 Å². The summed E-state index contributed by atoms with van der Waals surface area (Å²) in [5.74, 6) is 0. The van der Waals surface area contributed by atoms with E-state index in [0.717, 1.165) is 13.0 Å². The number of hydrogen-bond acceptors (Lipinski definition) is 2. The predicted octanol–water partition coefficient (Wildman–Crippen LogP) is 0.755. The zero-order valence-electron chi connectivity index (χ0n) is 7.02. The van der Waals surface area contributed by atoms with Crippen LogP contribution in [0.3, 0.4) is 0 Å². The van der Waals surface area contributed by atoms with Crippen molar-refractivity contribution < 1.29 is 5.11 Å². The van der Waals surface area contributed by atoms with Crippen molar-refractivity contribution in [3.05, 3.63) is 0 Å². The third kappa shape index (κ3) is 1.18. The largest absolute Gasteiger partial charge is 0.392 e. The maximum absolute atomic E-state index is 9.57. The zero-order chi connectivity index (χ0) is 7.78. The Morgan fingerprint density at radius 1 is 1.50 bits per heavy atom. The molecule has 2 unspecified atom stereocenters. The first-order valence-electron chi connectivity index (χ1n) is 3.96. The minimum absolute atomic E-state index is 0.0399. The lowest BCUT2D eigenvalue weighted by Gasteiger charge is -2.41. The Labute approximate surface area is 62.6 Å². The summed E-state index contributed by atoms with van der Waals surface area (Å²) in [5.41, 5.74) is 0.0399. The van der Waals surface area contributed by atoms with Gasteiger partial charge in [0, 0.05) is 11.5 Å². The zero-order valence-corrected chi connectivity index (χ0v) is 7.02. The Morgan fingerprint density at radius 3 is 2.50 bits per heavy atom. The second-order valence-corrected chi connectivity index (χ2v) is 3.80. The van der Waals surface area contributed by atoms with Crippen LogP contribution in [0.5, 0.6) is 0 Å². The summed E-state index contributed by atoms with van der Waals surface area (Å²) in [6, 6.07) is 0.427. The van der Waals surface area contributed by atoms with Crippen LogP contribution in [0.25, 0.3) is 0 Å². The lowest BCUT2D eigenvalue weighted by atomic mass is 9.76. The van der Waals surface area contributed by atoms with E-state index in [0.29, 0.717) is 6.04 Å². The average Bonchev–Trinajstić information content (AvgIpc) is 1.84. The molecule has 1 saturated heterocycles. The summed E-state index contributed by atoms with van der Waals surface area (Å²) in [7, 11) is 0. The number of nitrogens with one attached hydrogen (secondary N) is 1. The Hall–Kier alpha value is -0.0800. The first kappa shape index (κ1) is 8.02. The van der Waals surface area contributed by atoms with Crippen LogP contribution in [-0.2, 0) is 0 Å². The van der Waals surface area contributed by atoms with Crippen molar-refractivity contribution in [1.29, 1.82) is 0 Å². The topological polar surface area (TPSA) is 32.3 Å². The van der Waals surface area contributed by atoms with Crippen molar-refractivity contribution in [2.75, 3.05) is 6.54 Å². The fraction of sp³-hybridized carbons (Fsp3) is 1.00. The van der Waals surface area contributed by atoms with Gasteiger partial charge in [-0.15, -0.1) is 0 Å². The highest BCUT2D eigenvalue weighted by Gasteiger charge is 2.36. The van der Waals surface area contributed by atoms with Gasteiger partial charge in [-0.3, -0.25) is 0 Å². The molecule has 1 aliphatic rings. The highest BCUT2D eigenvalue weighted by atomic mass is 16.3. The summed E-state index contributed by atoms with van der Waals surface area (Å²) >= 11 is 0. The molecule has 10 heavy (non-hydrogen) atoms. The van der Waals surface area contributed by atoms with Gasteiger partial charge in [0.2, 0.25) is 0 Å². The van der Waals surface area contributed by atoms with Crippen molar-refractivity contribution in [3.8, 4) is 0 Å². The maximum atomic E-state index is 9.57. The van der Waals surface area contributed by atoms with Crippen LogP contribution in [0.1, 0.15) is 27.2 Å². The number of aliphatic hydroxyl groups is 1. The maximum Gasteiger partial charge on any atom is 0.0618 e. The highest BCUT2D eigenvalue weighted by Crippen LogP contribution is 2.29. The van der Waals surface area contributed by atoms with Gasteiger partial charge in [-0.1, -0.05) is 13.8 Å². The van der Waals surface area contributed by atoms with E-state index < -0.39 is 0 Å². The molecule has 0 aliphatic carbocycles. The van der Waals surface area contributed by atoms with Gasteiger partial charge >= 0.3 is 0 Å². The molecular weight excluding hydrogens is 126 g/mol. The van der Waals surface area contributed by atoms with Crippen molar-refractivity contribution in [1.82, 2.24) is 5.32 Å². The first-order valence-corrected chi connectivity index (χ1v) is 3.96. The molecule has 0 aromatic carbocycles. The molecule has 0 bridgehead atoms. The molecule has 1 heterocycles. The summed E-state index contributed by atoms with van der Waals surface area (Å²) in [6.45, 7) is 7.29. The Bertz CT molecular complexity index is 110. The molecule has 2 atom stereocenters. The molecule has 1 rings (SSSR count). The minimum Gasteiger partial charge on any atom is -0.392 e. The molecule has 0 radical (unpaired) electrons. The van der Waals surface area contributed by atoms with Gasteiger partial charge in [-0.25, -0.2) is 0 Å². The normalized spacial score (nSPS) is 39.6. The second-order valence-electron chi connectivity index (χ2n) is 3.80. The Balaban J connectivity index is 2.63. The van der Waals surface area contributed by atoms with E-state index >= 15 is 0 Å². The average molecular weight is 143 g/mol. The van der Waals surface area contributed by atoms with Gasteiger partial charge in [0.05, 0.1) is 6.10 Å². The summed E-state index contributed by atoms with van der Waals surface area (Å²) in [6.07, 6.45) is 0.751. The molecular formula is C8H17NO. The molecule has 0 amide bonds. The lowest BCUT2D eigenvalue weighted by Crippen LogP contribution is -2.52. The fourth-order valence-corrected chi connectivity index (χ4v) is 1.36. The monoisotopic (exact) mass is 143 g/mol. The van der Waals surface area contributed by atoms with Gasteiger partial charge < -0.3 is 10.4 Å². The van der Waals surface area contributed by atoms with Gasteiger partial charge in [0.1, 0.15) is 0 Å². The molecule has 0 saturated carbocycles. The van der Waals surface area contributed by atoms with E-state index in [4.69, 9.17) is 0 Å². The van der Waals surface area contributed by atoms with Gasteiger partial charge in [0.15, 0.2) is 0 Å². The second kappa shape index (κ2) is 2.51. The summed E-state index contributed by atoms with van der Waals surface area (Å²) < 4.78 is 0. The molecule has 60 valence electrons. The molecule has 2 nitrogen and oxygen atoms in total. The quantitative estimate of drug-likeness (QED) is 0.524. The molecule has 2 heteroatoms. The molecule has 0 aromatic rings. The lowest BCUT2D eigenvalue weighted by molar-refractivity contribution is -0.00239. The number of piperidine rings is 1. The van der Waals surface area contributed by atoms with E-state index in [1.807, 2.05) is 0 Å². The van der Waals surface area contributed by atoms with Crippen LogP contribution in [-0.4, -0.2) is 23.8 Å². The van der Waals surface area contributed by atoms with Crippen molar-refractivity contribution >= 4 is 0 Å². The fourth-order valence-electron chi connectivity index (χ4n) is 1.36. The van der Waals surface area contributed by atoms with Gasteiger partial charge in [0.25, 0.3) is 0 Å². The molecule has 1 fully saturated rings. The Morgan fingerprint density at radius 2 is 2.10 bits per heavy atom. The summed E-state index contributed by atoms with van der Waals surface area (Å²) in [5, 5.41) is 12.9. The molecule has 2 N–H and O–H groups in total. The standard InChI is InChI=1S/C8H17NO/c1-6-8(2,3)7(10)4-5-9-6/h6-7,9-10H,4-5H2,1-3H3. The third-order valence-corrected chi connectivity index (χ3v) is 2.84. The number of hydrogen-bond donors (Lipinski definition) is 2. The number of aliphatic hydroxyl groups excluding tert-OH is 1. The minimum atomic E-state index is -0.135. The van der Waals surface area contributed by atoms with Crippen LogP contribution < -0.4 is 5.32 Å². The van der Waals surface area contributed by atoms with Gasteiger partial charge in [-0.05, 0) is 19.9 Å². The Kier molecular flexibility index (Phi) is 2.02. The van der Waals surface area contributed by atoms with E-state index in [1.165, 1.54) is 0 Å². The SMILES string of the molecule is CC1NCCC(O)C1(C)C. The van der Waals surface area contributed by atoms with Crippen LogP contribution in [0.2, 0.25) is 0 Å². The first-order chi connectivity index (χ1) is 4.55. The smallest absolute Gasteiger partial charge is 0.0618 e. The van der Waals surface area contributed by atoms with Crippen LogP contribution in [0, 0.1) is 5.41 Å². The predicted molar refractivity (Wildman–Crippen MR) is 41.9 cm³/mol. The van der Waals surface area contributed by atoms with E-state index in [9.17, 15) is 5.11 Å².